The molecule has 1 fully saturated rings. The Morgan fingerprint density at radius 3 is 2.44 bits per heavy atom. The lowest BCUT2D eigenvalue weighted by Crippen LogP contribution is -2.27. The van der Waals surface area contributed by atoms with E-state index in [4.69, 9.17) is 5.11 Å². The fourth-order valence-corrected chi connectivity index (χ4v) is 2.25. The summed E-state index contributed by atoms with van der Waals surface area (Å²) in [5.74, 6) is -1.49. The molecule has 88 valence electrons. The first-order valence-electron chi connectivity index (χ1n) is 5.51. The molecule has 2 nitrogen and oxygen atoms in total. The third-order valence-corrected chi connectivity index (χ3v) is 3.13. The number of hydrogen-bond donors (Lipinski definition) is 2. The summed E-state index contributed by atoms with van der Waals surface area (Å²) >= 11 is 0. The summed E-state index contributed by atoms with van der Waals surface area (Å²) in [4.78, 5) is 0. The Labute approximate surface area is 93.3 Å². The van der Waals surface area contributed by atoms with Crippen LogP contribution < -0.4 is 5.32 Å². The molecule has 2 N–H and O–H groups in total. The second kappa shape index (κ2) is 4.89. The van der Waals surface area contributed by atoms with Crippen molar-refractivity contribution in [2.75, 3.05) is 13.1 Å². The second-order valence-corrected chi connectivity index (χ2v) is 4.15. The standard InChI is InChI=1S/C12H15F2NO/c13-11-5-9(7-16)10(6-12(11)14)8-1-3-15-4-2-8/h5-6,8,15-16H,1-4,7H2. The Morgan fingerprint density at radius 1 is 1.19 bits per heavy atom. The fourth-order valence-electron chi connectivity index (χ4n) is 2.25. The number of benzene rings is 1. The number of aliphatic hydroxyl groups excluding tert-OH is 1. The van der Waals surface area contributed by atoms with Crippen LogP contribution in [-0.2, 0) is 6.61 Å². The Hall–Kier alpha value is -1.00. The van der Waals surface area contributed by atoms with Gasteiger partial charge in [0.25, 0.3) is 0 Å². The van der Waals surface area contributed by atoms with E-state index in [0.717, 1.165) is 37.6 Å². The fraction of sp³-hybridized carbons (Fsp3) is 0.500. The lowest BCUT2D eigenvalue weighted by atomic mass is 9.87. The number of aliphatic hydroxyl groups is 1. The van der Waals surface area contributed by atoms with E-state index in [9.17, 15) is 8.78 Å². The molecule has 1 saturated heterocycles. The summed E-state index contributed by atoms with van der Waals surface area (Å²) < 4.78 is 26.2. The highest BCUT2D eigenvalue weighted by atomic mass is 19.2. The van der Waals surface area contributed by atoms with Crippen molar-refractivity contribution in [1.29, 1.82) is 0 Å². The van der Waals surface area contributed by atoms with Gasteiger partial charge < -0.3 is 10.4 Å². The molecule has 0 amide bonds. The summed E-state index contributed by atoms with van der Waals surface area (Å²) in [7, 11) is 0. The Kier molecular flexibility index (Phi) is 3.51. The van der Waals surface area contributed by atoms with Gasteiger partial charge in [0.05, 0.1) is 6.61 Å². The van der Waals surface area contributed by atoms with Gasteiger partial charge >= 0.3 is 0 Å². The molecule has 0 radical (unpaired) electrons. The third kappa shape index (κ3) is 2.23. The Morgan fingerprint density at radius 2 is 1.81 bits per heavy atom. The molecule has 1 aliphatic heterocycles. The van der Waals surface area contributed by atoms with E-state index in [1.807, 2.05) is 0 Å². The molecule has 0 aromatic heterocycles. The number of halogens is 2. The number of hydrogen-bond acceptors (Lipinski definition) is 2. The Balaban J connectivity index is 2.33. The zero-order valence-electron chi connectivity index (χ0n) is 8.97. The van der Waals surface area contributed by atoms with E-state index in [-0.39, 0.29) is 12.5 Å². The van der Waals surface area contributed by atoms with Crippen LogP contribution >= 0.6 is 0 Å². The topological polar surface area (TPSA) is 32.3 Å². The summed E-state index contributed by atoms with van der Waals surface area (Å²) in [5.41, 5.74) is 1.26. The maximum atomic E-state index is 13.2. The predicted molar refractivity (Wildman–Crippen MR) is 57.1 cm³/mol. The summed E-state index contributed by atoms with van der Waals surface area (Å²) in [5, 5.41) is 12.4. The van der Waals surface area contributed by atoms with E-state index in [1.165, 1.54) is 6.07 Å². The summed E-state index contributed by atoms with van der Waals surface area (Å²) in [6.07, 6.45) is 1.80. The molecule has 4 heteroatoms. The van der Waals surface area contributed by atoms with E-state index in [1.54, 1.807) is 0 Å². The normalized spacial score (nSPS) is 17.7. The number of rotatable bonds is 2. The lowest BCUT2D eigenvalue weighted by molar-refractivity contribution is 0.277. The highest BCUT2D eigenvalue weighted by Crippen LogP contribution is 2.29. The molecule has 1 aromatic carbocycles. The largest absolute Gasteiger partial charge is 0.392 e. The minimum absolute atomic E-state index is 0.221. The third-order valence-electron chi connectivity index (χ3n) is 3.13. The van der Waals surface area contributed by atoms with Gasteiger partial charge in [-0.1, -0.05) is 0 Å². The highest BCUT2D eigenvalue weighted by Gasteiger charge is 2.20. The van der Waals surface area contributed by atoms with Gasteiger partial charge in [0.15, 0.2) is 11.6 Å². The molecule has 0 spiro atoms. The van der Waals surface area contributed by atoms with Crippen LogP contribution in [0.15, 0.2) is 12.1 Å². The molecular weight excluding hydrogens is 212 g/mol. The molecule has 0 saturated carbocycles. The second-order valence-electron chi connectivity index (χ2n) is 4.15. The van der Waals surface area contributed by atoms with Gasteiger partial charge in [-0.3, -0.25) is 0 Å². The van der Waals surface area contributed by atoms with Gasteiger partial charge in [0.1, 0.15) is 0 Å². The lowest BCUT2D eigenvalue weighted by Gasteiger charge is -2.24. The van der Waals surface area contributed by atoms with E-state index >= 15 is 0 Å². The van der Waals surface area contributed by atoms with Crippen LogP contribution in [0.1, 0.15) is 29.9 Å². The first-order chi connectivity index (χ1) is 7.72. The first kappa shape index (κ1) is 11.5. The Bertz CT molecular complexity index is 376. The monoisotopic (exact) mass is 227 g/mol. The van der Waals surface area contributed by atoms with Gasteiger partial charge in [-0.05, 0) is 55.1 Å². The van der Waals surface area contributed by atoms with Crippen LogP contribution in [0.25, 0.3) is 0 Å². The van der Waals surface area contributed by atoms with Crippen molar-refractivity contribution in [1.82, 2.24) is 5.32 Å². The smallest absolute Gasteiger partial charge is 0.159 e. The van der Waals surface area contributed by atoms with Crippen LogP contribution in [0.5, 0.6) is 0 Å². The van der Waals surface area contributed by atoms with E-state index in [0.29, 0.717) is 5.56 Å². The van der Waals surface area contributed by atoms with Gasteiger partial charge in [0.2, 0.25) is 0 Å². The van der Waals surface area contributed by atoms with Crippen LogP contribution in [0.2, 0.25) is 0 Å². The van der Waals surface area contributed by atoms with Gasteiger partial charge in [-0.25, -0.2) is 8.78 Å². The van der Waals surface area contributed by atoms with Crippen molar-refractivity contribution in [3.63, 3.8) is 0 Å². The molecule has 1 aliphatic rings. The molecule has 1 aromatic rings. The van der Waals surface area contributed by atoms with Gasteiger partial charge in [0, 0.05) is 0 Å². The van der Waals surface area contributed by atoms with Crippen molar-refractivity contribution in [3.8, 4) is 0 Å². The predicted octanol–water partition coefficient (Wildman–Crippen LogP) is 1.92. The minimum Gasteiger partial charge on any atom is -0.392 e. The van der Waals surface area contributed by atoms with Crippen LogP contribution in [0, 0.1) is 11.6 Å². The van der Waals surface area contributed by atoms with Gasteiger partial charge in [-0.2, -0.15) is 0 Å². The maximum Gasteiger partial charge on any atom is 0.159 e. The zero-order chi connectivity index (χ0) is 11.5. The highest BCUT2D eigenvalue weighted by molar-refractivity contribution is 5.32. The average molecular weight is 227 g/mol. The molecule has 1 heterocycles. The molecule has 0 atom stereocenters. The minimum atomic E-state index is -0.887. The summed E-state index contributed by atoms with van der Waals surface area (Å²) in [6.45, 7) is 1.53. The van der Waals surface area contributed by atoms with Crippen LogP contribution in [-0.4, -0.2) is 18.2 Å². The molecule has 0 unspecified atom stereocenters. The van der Waals surface area contributed by atoms with Crippen LogP contribution in [0.4, 0.5) is 8.78 Å². The molecular formula is C12H15F2NO. The van der Waals surface area contributed by atoms with E-state index < -0.39 is 11.6 Å². The first-order valence-corrected chi connectivity index (χ1v) is 5.51. The van der Waals surface area contributed by atoms with Crippen LogP contribution in [0.3, 0.4) is 0 Å². The van der Waals surface area contributed by atoms with Crippen molar-refractivity contribution in [2.45, 2.75) is 25.4 Å². The molecule has 2 rings (SSSR count). The maximum absolute atomic E-state index is 13.2. The number of piperidine rings is 1. The van der Waals surface area contributed by atoms with Crippen molar-refractivity contribution in [3.05, 3.63) is 34.9 Å². The SMILES string of the molecule is OCc1cc(F)c(F)cc1C1CCNCC1. The molecule has 0 bridgehead atoms. The zero-order valence-corrected chi connectivity index (χ0v) is 8.97. The van der Waals surface area contributed by atoms with E-state index in [2.05, 4.69) is 5.32 Å². The van der Waals surface area contributed by atoms with Gasteiger partial charge in [-0.15, -0.1) is 0 Å². The number of nitrogens with one attached hydrogen (secondary N) is 1. The quantitative estimate of drug-likeness (QED) is 0.809. The van der Waals surface area contributed by atoms with Crippen molar-refractivity contribution < 1.29 is 13.9 Å². The molecule has 0 aliphatic carbocycles. The van der Waals surface area contributed by atoms with Crippen molar-refractivity contribution >= 4 is 0 Å². The molecule has 16 heavy (non-hydrogen) atoms. The average Bonchev–Trinajstić information content (AvgIpc) is 2.33. The summed E-state index contributed by atoms with van der Waals surface area (Å²) in [6, 6.07) is 2.34. The van der Waals surface area contributed by atoms with Crippen molar-refractivity contribution in [2.24, 2.45) is 0 Å².